The van der Waals surface area contributed by atoms with Crippen molar-refractivity contribution in [2.75, 3.05) is 24.6 Å². The molecule has 1 atom stereocenters. The zero-order valence-electron chi connectivity index (χ0n) is 11.7. The van der Waals surface area contributed by atoms with Gasteiger partial charge >= 0.3 is 0 Å². The van der Waals surface area contributed by atoms with Gasteiger partial charge in [0.15, 0.2) is 0 Å². The fourth-order valence-electron chi connectivity index (χ4n) is 1.95. The van der Waals surface area contributed by atoms with Crippen molar-refractivity contribution in [1.29, 1.82) is 0 Å². The molecule has 0 saturated heterocycles. The van der Waals surface area contributed by atoms with Gasteiger partial charge in [-0.05, 0) is 55.7 Å². The van der Waals surface area contributed by atoms with E-state index in [1.807, 2.05) is 0 Å². The molecule has 0 spiro atoms. The monoisotopic (exact) mass is 245 g/mol. The SMILES string of the molecule is CCCC(CCCSCC)CNCC(C)C. The number of hydrogen-bond donors (Lipinski definition) is 1. The van der Waals surface area contributed by atoms with Crippen molar-refractivity contribution in [3.63, 3.8) is 0 Å². The Hall–Kier alpha value is 0.310. The summed E-state index contributed by atoms with van der Waals surface area (Å²) in [5.74, 6) is 4.30. The van der Waals surface area contributed by atoms with Gasteiger partial charge in [-0.25, -0.2) is 0 Å². The maximum Gasteiger partial charge on any atom is -0.00204 e. The molecule has 1 N–H and O–H groups in total. The van der Waals surface area contributed by atoms with Gasteiger partial charge in [-0.2, -0.15) is 11.8 Å². The van der Waals surface area contributed by atoms with Gasteiger partial charge in [0.05, 0.1) is 0 Å². The van der Waals surface area contributed by atoms with E-state index in [1.54, 1.807) is 0 Å². The van der Waals surface area contributed by atoms with Crippen LogP contribution in [0.4, 0.5) is 0 Å². The number of hydrogen-bond acceptors (Lipinski definition) is 2. The molecule has 0 saturated carbocycles. The first-order valence-electron chi connectivity index (χ1n) is 6.99. The highest BCUT2D eigenvalue weighted by Gasteiger charge is 2.07. The van der Waals surface area contributed by atoms with E-state index in [-0.39, 0.29) is 0 Å². The van der Waals surface area contributed by atoms with Crippen molar-refractivity contribution in [3.05, 3.63) is 0 Å². The van der Waals surface area contributed by atoms with Crippen LogP contribution in [-0.4, -0.2) is 24.6 Å². The van der Waals surface area contributed by atoms with Gasteiger partial charge in [-0.1, -0.05) is 34.1 Å². The quantitative estimate of drug-likeness (QED) is 0.548. The van der Waals surface area contributed by atoms with E-state index in [0.29, 0.717) is 0 Å². The van der Waals surface area contributed by atoms with Gasteiger partial charge in [0.2, 0.25) is 0 Å². The predicted molar refractivity (Wildman–Crippen MR) is 78.3 cm³/mol. The van der Waals surface area contributed by atoms with Crippen LogP contribution in [0.3, 0.4) is 0 Å². The molecule has 0 rings (SSSR count). The Labute approximate surface area is 107 Å². The lowest BCUT2D eigenvalue weighted by Gasteiger charge is -2.17. The Balaban J connectivity index is 3.53. The smallest absolute Gasteiger partial charge is 0.00204 e. The van der Waals surface area contributed by atoms with Gasteiger partial charge in [-0.3, -0.25) is 0 Å². The molecule has 0 aromatic heterocycles. The second-order valence-electron chi connectivity index (χ2n) is 5.05. The highest BCUT2D eigenvalue weighted by atomic mass is 32.2. The summed E-state index contributed by atoms with van der Waals surface area (Å²) in [6.45, 7) is 11.5. The molecule has 2 heteroatoms. The Morgan fingerprint density at radius 1 is 1.06 bits per heavy atom. The Kier molecular flexibility index (Phi) is 12.0. The molecule has 0 aromatic rings. The van der Waals surface area contributed by atoms with Gasteiger partial charge in [0.1, 0.15) is 0 Å². The molecular weight excluding hydrogens is 214 g/mol. The van der Waals surface area contributed by atoms with Crippen LogP contribution in [0, 0.1) is 11.8 Å². The van der Waals surface area contributed by atoms with Crippen molar-refractivity contribution in [2.45, 2.75) is 53.4 Å². The summed E-state index contributed by atoms with van der Waals surface area (Å²) in [6.07, 6.45) is 5.52. The maximum atomic E-state index is 3.60. The molecule has 0 heterocycles. The first kappa shape index (κ1) is 16.3. The highest BCUT2D eigenvalue weighted by molar-refractivity contribution is 7.99. The summed E-state index contributed by atoms with van der Waals surface area (Å²) < 4.78 is 0. The van der Waals surface area contributed by atoms with E-state index in [4.69, 9.17) is 0 Å². The Bertz CT molecular complexity index is 137. The molecular formula is C14H31NS. The molecule has 1 nitrogen and oxygen atoms in total. The van der Waals surface area contributed by atoms with Gasteiger partial charge < -0.3 is 5.32 Å². The molecule has 0 aliphatic carbocycles. The van der Waals surface area contributed by atoms with Crippen LogP contribution in [-0.2, 0) is 0 Å². The summed E-state index contributed by atoms with van der Waals surface area (Å²) in [7, 11) is 0. The molecule has 0 radical (unpaired) electrons. The topological polar surface area (TPSA) is 12.0 Å². The predicted octanol–water partition coefficient (Wildman–Crippen LogP) is 4.18. The zero-order chi connectivity index (χ0) is 12.2. The molecule has 0 bridgehead atoms. The van der Waals surface area contributed by atoms with Gasteiger partial charge in [0.25, 0.3) is 0 Å². The molecule has 16 heavy (non-hydrogen) atoms. The number of nitrogens with one attached hydrogen (secondary N) is 1. The third-order valence-corrected chi connectivity index (χ3v) is 3.77. The fraction of sp³-hybridized carbons (Fsp3) is 1.00. The summed E-state index contributed by atoms with van der Waals surface area (Å²) >= 11 is 2.08. The van der Waals surface area contributed by atoms with Crippen LogP contribution in [0.2, 0.25) is 0 Å². The Morgan fingerprint density at radius 3 is 2.38 bits per heavy atom. The minimum Gasteiger partial charge on any atom is -0.316 e. The lowest BCUT2D eigenvalue weighted by Crippen LogP contribution is -2.26. The van der Waals surface area contributed by atoms with E-state index in [0.717, 1.165) is 11.8 Å². The van der Waals surface area contributed by atoms with E-state index < -0.39 is 0 Å². The van der Waals surface area contributed by atoms with Crippen LogP contribution in [0.25, 0.3) is 0 Å². The summed E-state index contributed by atoms with van der Waals surface area (Å²) in [5, 5.41) is 3.60. The summed E-state index contributed by atoms with van der Waals surface area (Å²) in [6, 6.07) is 0. The average molecular weight is 245 g/mol. The van der Waals surface area contributed by atoms with E-state index in [9.17, 15) is 0 Å². The van der Waals surface area contributed by atoms with Crippen LogP contribution < -0.4 is 5.32 Å². The minimum atomic E-state index is 0.776. The summed E-state index contributed by atoms with van der Waals surface area (Å²) in [5.41, 5.74) is 0. The van der Waals surface area contributed by atoms with E-state index >= 15 is 0 Å². The molecule has 0 fully saturated rings. The normalized spacial score (nSPS) is 13.3. The van der Waals surface area contributed by atoms with E-state index in [2.05, 4.69) is 44.8 Å². The van der Waals surface area contributed by atoms with E-state index in [1.165, 1.54) is 50.3 Å². The fourth-order valence-corrected chi connectivity index (χ4v) is 2.61. The van der Waals surface area contributed by atoms with Crippen molar-refractivity contribution < 1.29 is 0 Å². The van der Waals surface area contributed by atoms with Crippen molar-refractivity contribution in [3.8, 4) is 0 Å². The third-order valence-electron chi connectivity index (χ3n) is 2.79. The second-order valence-corrected chi connectivity index (χ2v) is 6.44. The van der Waals surface area contributed by atoms with Crippen molar-refractivity contribution >= 4 is 11.8 Å². The average Bonchev–Trinajstić information content (AvgIpc) is 2.23. The minimum absolute atomic E-state index is 0.776. The van der Waals surface area contributed by atoms with Crippen LogP contribution in [0.5, 0.6) is 0 Å². The third kappa shape index (κ3) is 10.8. The zero-order valence-corrected chi connectivity index (χ0v) is 12.5. The highest BCUT2D eigenvalue weighted by Crippen LogP contribution is 2.15. The summed E-state index contributed by atoms with van der Waals surface area (Å²) in [4.78, 5) is 0. The Morgan fingerprint density at radius 2 is 1.81 bits per heavy atom. The lowest BCUT2D eigenvalue weighted by molar-refractivity contribution is 0.398. The molecule has 0 amide bonds. The van der Waals surface area contributed by atoms with Crippen LogP contribution in [0.1, 0.15) is 53.4 Å². The first-order chi connectivity index (χ1) is 7.70. The van der Waals surface area contributed by atoms with Gasteiger partial charge in [0, 0.05) is 0 Å². The van der Waals surface area contributed by atoms with Gasteiger partial charge in [-0.15, -0.1) is 0 Å². The van der Waals surface area contributed by atoms with Crippen molar-refractivity contribution in [1.82, 2.24) is 5.32 Å². The van der Waals surface area contributed by atoms with Crippen LogP contribution in [0.15, 0.2) is 0 Å². The molecule has 98 valence electrons. The van der Waals surface area contributed by atoms with Crippen molar-refractivity contribution in [2.24, 2.45) is 11.8 Å². The molecule has 0 aliphatic rings. The second kappa shape index (κ2) is 11.8. The molecule has 1 unspecified atom stereocenters. The number of rotatable bonds is 11. The number of thioether (sulfide) groups is 1. The largest absolute Gasteiger partial charge is 0.316 e. The lowest BCUT2D eigenvalue weighted by atomic mass is 9.98. The van der Waals surface area contributed by atoms with Crippen LogP contribution >= 0.6 is 11.8 Å². The molecule has 0 aromatic carbocycles. The maximum absolute atomic E-state index is 3.60. The first-order valence-corrected chi connectivity index (χ1v) is 8.14. The standard InChI is InChI=1S/C14H31NS/c1-5-8-14(9-7-10-16-6-2)12-15-11-13(3)4/h13-15H,5-12H2,1-4H3. The molecule has 0 aliphatic heterocycles.